The number of hydrogen-bond acceptors (Lipinski definition) is 8. The molecule has 10 heteroatoms. The zero-order valence-corrected chi connectivity index (χ0v) is 23.8. The van der Waals surface area contributed by atoms with Crippen LogP contribution in [0, 0.1) is 6.92 Å². The van der Waals surface area contributed by atoms with E-state index in [0.717, 1.165) is 6.29 Å². The molecule has 1 aliphatic heterocycles. The first-order chi connectivity index (χ1) is 16.6. The average Bonchev–Trinajstić information content (AvgIpc) is 2.83. The van der Waals surface area contributed by atoms with E-state index in [1.165, 1.54) is 11.9 Å². The summed E-state index contributed by atoms with van der Waals surface area (Å²) in [7, 11) is 4.81. The van der Waals surface area contributed by atoms with Gasteiger partial charge in [-0.2, -0.15) is 0 Å². The summed E-state index contributed by atoms with van der Waals surface area (Å²) >= 11 is 0. The molecule has 0 unspecified atom stereocenters. The maximum absolute atomic E-state index is 13.6. The molecule has 0 aromatic carbocycles. The van der Waals surface area contributed by atoms with E-state index in [-0.39, 0.29) is 25.3 Å². The molecule has 208 valence electrons. The van der Waals surface area contributed by atoms with E-state index in [4.69, 9.17) is 16.4 Å². The van der Waals surface area contributed by atoms with Gasteiger partial charge in [-0.3, -0.25) is 0 Å². The summed E-state index contributed by atoms with van der Waals surface area (Å²) in [6.45, 7) is 15.2. The number of carbonyl (C=O) groups excluding carboxylic acids is 1. The number of hydrogen-bond donors (Lipinski definition) is 3. The molecule has 35 heavy (non-hydrogen) atoms. The molecule has 5 N–H and O–H groups in total. The van der Waals surface area contributed by atoms with Gasteiger partial charge in [0, 0.05) is 34.2 Å². The highest BCUT2D eigenvalue weighted by Gasteiger charge is 2.35. The second kappa shape index (κ2) is 24.8. The van der Waals surface area contributed by atoms with Crippen molar-refractivity contribution < 1.29 is 23.4 Å². The summed E-state index contributed by atoms with van der Waals surface area (Å²) in [4.78, 5) is 14.8. The van der Waals surface area contributed by atoms with Crippen molar-refractivity contribution in [1.82, 2.24) is 9.99 Å². The van der Waals surface area contributed by atoms with E-state index in [9.17, 15) is 13.9 Å². The first kappa shape index (κ1) is 39.9. The Morgan fingerprint density at radius 3 is 2.03 bits per heavy atom. The van der Waals surface area contributed by atoms with Gasteiger partial charge in [0.1, 0.15) is 6.29 Å². The molecule has 0 saturated carbocycles. The Bertz CT molecular complexity index is 673. The monoisotopic (exact) mass is 507 g/mol. The van der Waals surface area contributed by atoms with Gasteiger partial charge in [-0.25, -0.2) is 19.6 Å². The van der Waals surface area contributed by atoms with Crippen molar-refractivity contribution in [2.45, 2.75) is 74.2 Å². The topological polar surface area (TPSA) is 118 Å². The van der Waals surface area contributed by atoms with Crippen LogP contribution in [-0.2, 0) is 9.53 Å². The average molecular weight is 508 g/mol. The van der Waals surface area contributed by atoms with Gasteiger partial charge < -0.3 is 30.3 Å². The molecule has 1 aromatic heterocycles. The Balaban J connectivity index is -0.000000343. The van der Waals surface area contributed by atoms with E-state index >= 15 is 0 Å². The molecule has 2 rings (SSSR count). The summed E-state index contributed by atoms with van der Waals surface area (Å²) in [6, 6.07) is 3.39. The second-order valence-corrected chi connectivity index (χ2v) is 6.46. The highest BCUT2D eigenvalue weighted by molar-refractivity contribution is 5.65. The number of aromatic nitrogens is 1. The molecule has 0 amide bonds. The number of nitrogens with zero attached hydrogens (tertiary/aromatic N) is 3. The Morgan fingerprint density at radius 1 is 1.23 bits per heavy atom. The molecule has 0 spiro atoms. The number of pyridine rings is 1. The fraction of sp³-hybridized carbons (Fsp3) is 0.680. The highest BCUT2D eigenvalue weighted by Crippen LogP contribution is 2.31. The van der Waals surface area contributed by atoms with Gasteiger partial charge >= 0.3 is 0 Å². The number of halogens is 2. The number of likely N-dealkylation sites (N-methyl/N-ethyl adjacent to an activating group) is 1. The fourth-order valence-electron chi connectivity index (χ4n) is 2.74. The minimum absolute atomic E-state index is 0.0769. The third-order valence-corrected chi connectivity index (χ3v) is 3.95. The Kier molecular flexibility index (Phi) is 28.3. The van der Waals surface area contributed by atoms with Crippen LogP contribution in [0.3, 0.4) is 0 Å². The minimum Gasteiger partial charge on any atom is -0.395 e. The first-order valence-electron chi connectivity index (χ1n) is 12.1. The number of anilines is 1. The van der Waals surface area contributed by atoms with Crippen LogP contribution in [0.2, 0.25) is 0 Å². The molecule has 1 aromatic rings. The van der Waals surface area contributed by atoms with E-state index in [1.54, 1.807) is 45.2 Å². The third kappa shape index (κ3) is 16.9. The van der Waals surface area contributed by atoms with E-state index in [1.807, 2.05) is 41.5 Å². The predicted molar refractivity (Wildman–Crippen MR) is 144 cm³/mol. The molecule has 0 bridgehead atoms. The number of nitrogens with two attached hydrogens (primary N) is 2. The van der Waals surface area contributed by atoms with E-state index in [0.29, 0.717) is 35.7 Å². The SMILES string of the molecule is CC.CC.CC.CC=O.COC.Cc1nc(/C(N)=C(\CO)N(C)N)ccc1N1CCCC(F)(F)C1. The second-order valence-electron chi connectivity index (χ2n) is 6.46. The summed E-state index contributed by atoms with van der Waals surface area (Å²) in [5.41, 5.74) is 8.34. The molecule has 0 aliphatic carbocycles. The van der Waals surface area contributed by atoms with Crippen molar-refractivity contribution in [3.8, 4) is 0 Å². The smallest absolute Gasteiger partial charge is 0.265 e. The molecule has 0 atom stereocenters. The molecular formula is C25H51F2N5O3. The van der Waals surface area contributed by atoms with Crippen LogP contribution in [0.4, 0.5) is 14.5 Å². The summed E-state index contributed by atoms with van der Waals surface area (Å²) in [5, 5.41) is 10.6. The van der Waals surface area contributed by atoms with Crippen molar-refractivity contribution in [3.63, 3.8) is 0 Å². The molecule has 2 heterocycles. The van der Waals surface area contributed by atoms with Gasteiger partial charge in [0.25, 0.3) is 5.92 Å². The lowest BCUT2D eigenvalue weighted by Crippen LogP contribution is -2.43. The molecule has 1 fully saturated rings. The Hall–Kier alpha value is -2.30. The van der Waals surface area contributed by atoms with Crippen LogP contribution in [0.1, 0.15) is 72.7 Å². The number of hydrazine groups is 1. The minimum atomic E-state index is -2.67. The third-order valence-electron chi connectivity index (χ3n) is 3.95. The molecule has 1 saturated heterocycles. The number of aliphatic hydroxyl groups is 1. The number of carbonyl (C=O) groups is 1. The zero-order valence-electron chi connectivity index (χ0n) is 23.8. The number of methoxy groups -OCH3 is 1. The van der Waals surface area contributed by atoms with Gasteiger partial charge in [0.15, 0.2) is 0 Å². The van der Waals surface area contributed by atoms with Gasteiger partial charge in [-0.05, 0) is 32.4 Å². The van der Waals surface area contributed by atoms with Gasteiger partial charge in [-0.1, -0.05) is 41.5 Å². The quantitative estimate of drug-likeness (QED) is 0.307. The van der Waals surface area contributed by atoms with Crippen molar-refractivity contribution in [1.29, 1.82) is 0 Å². The first-order valence-corrected chi connectivity index (χ1v) is 12.1. The number of aliphatic hydroxyl groups excluding tert-OH is 1. The summed E-state index contributed by atoms with van der Waals surface area (Å²) in [5.74, 6) is 2.94. The van der Waals surface area contributed by atoms with Gasteiger partial charge in [0.2, 0.25) is 0 Å². The van der Waals surface area contributed by atoms with Crippen molar-refractivity contribution in [2.75, 3.05) is 45.9 Å². The van der Waals surface area contributed by atoms with Crippen molar-refractivity contribution >= 4 is 17.7 Å². The zero-order chi connectivity index (χ0) is 28.6. The number of aldehydes is 1. The Morgan fingerprint density at radius 2 is 1.69 bits per heavy atom. The molecule has 8 nitrogen and oxygen atoms in total. The normalized spacial score (nSPS) is 13.6. The van der Waals surface area contributed by atoms with Crippen molar-refractivity contribution in [2.24, 2.45) is 11.6 Å². The fourth-order valence-corrected chi connectivity index (χ4v) is 2.74. The Labute approximate surface area is 212 Å². The lowest BCUT2D eigenvalue weighted by Gasteiger charge is -2.34. The van der Waals surface area contributed by atoms with Crippen molar-refractivity contribution in [3.05, 3.63) is 29.2 Å². The lowest BCUT2D eigenvalue weighted by atomic mass is 10.1. The van der Waals surface area contributed by atoms with Crippen LogP contribution in [-0.4, -0.2) is 68.3 Å². The number of piperidine rings is 1. The number of ether oxygens (including phenoxy) is 1. The number of rotatable bonds is 4. The van der Waals surface area contributed by atoms with E-state index in [2.05, 4.69) is 9.72 Å². The number of alkyl halides is 2. The predicted octanol–water partition coefficient (Wildman–Crippen LogP) is 4.60. The lowest BCUT2D eigenvalue weighted by molar-refractivity contribution is -0.106. The van der Waals surface area contributed by atoms with Crippen LogP contribution in [0.25, 0.3) is 5.70 Å². The molecule has 0 radical (unpaired) electrons. The van der Waals surface area contributed by atoms with Crippen LogP contribution in [0.15, 0.2) is 17.8 Å². The number of aryl methyl sites for hydroxylation is 1. The maximum atomic E-state index is 13.6. The van der Waals surface area contributed by atoms with Crippen LogP contribution < -0.4 is 16.5 Å². The molecular weight excluding hydrogens is 456 g/mol. The highest BCUT2D eigenvalue weighted by atomic mass is 19.3. The van der Waals surface area contributed by atoms with E-state index < -0.39 is 5.92 Å². The van der Waals surface area contributed by atoms with Crippen LogP contribution in [0.5, 0.6) is 0 Å². The van der Waals surface area contributed by atoms with Gasteiger partial charge in [0.05, 0.1) is 41.6 Å². The standard InChI is InChI=1S/C15H23F2N5O.C2H6O.C2H4O.3C2H6/c1-10-12(22-7-3-6-15(16,17)9-22)5-4-11(20-10)14(18)13(8-23)21(2)19;1-3-2;1-2-3;3*1-2/h4-5,23H,3,6-9,18-19H2,1-2H3;1-2H3;2H,1H3;3*1-2H3/b14-13-;;;;;. The maximum Gasteiger partial charge on any atom is 0.265 e. The van der Waals surface area contributed by atoms with Crippen LogP contribution >= 0.6 is 0 Å². The summed E-state index contributed by atoms with van der Waals surface area (Å²) in [6.07, 6.45) is 1.12. The van der Waals surface area contributed by atoms with Gasteiger partial charge in [-0.15, -0.1) is 0 Å². The summed E-state index contributed by atoms with van der Waals surface area (Å²) < 4.78 is 31.4. The molecule has 1 aliphatic rings. The largest absolute Gasteiger partial charge is 0.395 e.